The minimum Gasteiger partial charge on any atom is -0.296 e. The van der Waals surface area contributed by atoms with Gasteiger partial charge >= 0.3 is 0 Å². The Morgan fingerprint density at radius 1 is 1.11 bits per heavy atom. The third-order valence-electron chi connectivity index (χ3n) is 4.08. The van der Waals surface area contributed by atoms with E-state index in [9.17, 15) is 13.2 Å². The summed E-state index contributed by atoms with van der Waals surface area (Å²) in [5.41, 5.74) is 2.95. The summed E-state index contributed by atoms with van der Waals surface area (Å²) in [6.07, 6.45) is 0. The van der Waals surface area contributed by atoms with Gasteiger partial charge in [-0.15, -0.1) is 10.2 Å². The van der Waals surface area contributed by atoms with E-state index in [0.29, 0.717) is 11.3 Å². The lowest BCUT2D eigenvalue weighted by Gasteiger charge is -2.23. The van der Waals surface area contributed by atoms with Gasteiger partial charge in [-0.05, 0) is 44.5 Å². The molecule has 3 aromatic rings. The lowest BCUT2D eigenvalue weighted by atomic mass is 10.1. The molecule has 146 valence electrons. The summed E-state index contributed by atoms with van der Waals surface area (Å²) >= 11 is 0.826. The van der Waals surface area contributed by atoms with Crippen LogP contribution in [0.2, 0.25) is 0 Å². The summed E-state index contributed by atoms with van der Waals surface area (Å²) < 4.78 is 27.3. The Labute approximate surface area is 168 Å². The average molecular weight is 417 g/mol. The number of anilines is 2. The highest BCUT2D eigenvalue weighted by Gasteiger charge is 2.29. The van der Waals surface area contributed by atoms with Crippen LogP contribution in [0.1, 0.15) is 28.4 Å². The van der Waals surface area contributed by atoms with E-state index in [2.05, 4.69) is 15.5 Å². The molecule has 0 radical (unpaired) electrons. The largest absolute Gasteiger partial charge is 0.296 e. The fraction of sp³-hybridized carbons (Fsp3) is 0.211. The first-order valence-corrected chi connectivity index (χ1v) is 10.9. The maximum atomic E-state index is 13.1. The number of benzene rings is 2. The Morgan fingerprint density at radius 3 is 2.46 bits per heavy atom. The average Bonchev–Trinajstić information content (AvgIpc) is 3.14. The molecular weight excluding hydrogens is 396 g/mol. The Balaban J connectivity index is 1.87. The van der Waals surface area contributed by atoms with Crippen molar-refractivity contribution in [3.8, 4) is 0 Å². The smallest absolute Gasteiger partial charge is 0.293 e. The van der Waals surface area contributed by atoms with Crippen molar-refractivity contribution in [3.05, 3.63) is 65.2 Å². The van der Waals surface area contributed by atoms with Gasteiger partial charge in [-0.25, -0.2) is 0 Å². The molecule has 2 aromatic carbocycles. The molecule has 28 heavy (non-hydrogen) atoms. The maximum absolute atomic E-state index is 13.1. The number of aryl methyl sites for hydroxylation is 2. The van der Waals surface area contributed by atoms with Crippen molar-refractivity contribution in [2.45, 2.75) is 25.1 Å². The van der Waals surface area contributed by atoms with Crippen LogP contribution in [0, 0.1) is 13.8 Å². The van der Waals surface area contributed by atoms with Crippen LogP contribution in [0.15, 0.2) is 52.9 Å². The summed E-state index contributed by atoms with van der Waals surface area (Å²) in [5.74, 6) is -0.373. The van der Waals surface area contributed by atoms with Gasteiger partial charge in [-0.2, -0.15) is 8.42 Å². The first-order chi connectivity index (χ1) is 13.3. The molecule has 7 nitrogen and oxygen atoms in total. The van der Waals surface area contributed by atoms with Crippen molar-refractivity contribution >= 4 is 38.1 Å². The molecule has 9 heteroatoms. The number of hydrogen-bond donors (Lipinski definition) is 1. The molecule has 0 aliphatic heterocycles. The Morgan fingerprint density at radius 2 is 1.82 bits per heavy atom. The highest BCUT2D eigenvalue weighted by Crippen LogP contribution is 2.30. The zero-order valence-electron chi connectivity index (χ0n) is 15.7. The number of hydrogen-bond acceptors (Lipinski definition) is 6. The fourth-order valence-electron chi connectivity index (χ4n) is 2.77. The number of amides is 1. The molecule has 1 N–H and O–H groups in total. The van der Waals surface area contributed by atoms with Crippen LogP contribution in [0.3, 0.4) is 0 Å². The van der Waals surface area contributed by atoms with Crippen LogP contribution >= 0.6 is 11.3 Å². The van der Waals surface area contributed by atoms with Crippen LogP contribution in [-0.2, 0) is 10.0 Å². The molecule has 3 rings (SSSR count). The second-order valence-electron chi connectivity index (χ2n) is 6.15. The number of aromatic nitrogens is 2. The van der Waals surface area contributed by atoms with E-state index in [1.54, 1.807) is 43.3 Å². The van der Waals surface area contributed by atoms with Gasteiger partial charge in [0.25, 0.3) is 20.3 Å². The first-order valence-electron chi connectivity index (χ1n) is 8.63. The normalized spacial score (nSPS) is 11.2. The van der Waals surface area contributed by atoms with Crippen LogP contribution in [-0.4, -0.2) is 31.1 Å². The zero-order chi connectivity index (χ0) is 20.3. The molecule has 0 aliphatic rings. The third-order valence-corrected chi connectivity index (χ3v) is 7.16. The van der Waals surface area contributed by atoms with Crippen LogP contribution < -0.4 is 9.62 Å². The Hall–Kier alpha value is -2.78. The monoisotopic (exact) mass is 416 g/mol. The van der Waals surface area contributed by atoms with Gasteiger partial charge in [0.1, 0.15) is 0 Å². The van der Waals surface area contributed by atoms with E-state index in [4.69, 9.17) is 0 Å². The number of carbonyl (C=O) groups excluding carboxylic acids is 1. The standard InChI is InChI=1S/C19H20N4O3S2/c1-4-23(16-11-10-13(2)12-14(16)3)28(25,26)19-22-21-18(27-19)20-17(24)15-8-6-5-7-9-15/h5-12H,4H2,1-3H3,(H,20,21,24). The molecule has 0 aliphatic carbocycles. The summed E-state index contributed by atoms with van der Waals surface area (Å²) in [7, 11) is -3.89. The van der Waals surface area contributed by atoms with Crippen LogP contribution in [0.4, 0.5) is 10.8 Å². The van der Waals surface area contributed by atoms with Gasteiger partial charge < -0.3 is 0 Å². The predicted octanol–water partition coefficient (Wildman–Crippen LogP) is 3.62. The van der Waals surface area contributed by atoms with Crippen LogP contribution in [0.5, 0.6) is 0 Å². The van der Waals surface area contributed by atoms with E-state index in [-0.39, 0.29) is 21.9 Å². The SMILES string of the molecule is CCN(c1ccc(C)cc1C)S(=O)(=O)c1nnc(NC(=O)c2ccccc2)s1. The molecule has 1 amide bonds. The summed E-state index contributed by atoms with van der Waals surface area (Å²) in [5, 5.41) is 10.3. The quantitative estimate of drug-likeness (QED) is 0.620. The lowest BCUT2D eigenvalue weighted by Crippen LogP contribution is -2.31. The Kier molecular flexibility index (Phi) is 5.76. The highest BCUT2D eigenvalue weighted by atomic mass is 32.2. The highest BCUT2D eigenvalue weighted by molar-refractivity contribution is 7.94. The number of nitrogens with one attached hydrogen (secondary N) is 1. The molecule has 0 saturated carbocycles. The molecule has 0 atom stereocenters. The molecule has 0 spiro atoms. The minimum absolute atomic E-state index is 0.129. The van der Waals surface area contributed by atoms with Crippen molar-refractivity contribution in [1.82, 2.24) is 10.2 Å². The molecule has 0 saturated heterocycles. The van der Waals surface area contributed by atoms with Crippen molar-refractivity contribution in [2.75, 3.05) is 16.2 Å². The van der Waals surface area contributed by atoms with E-state index in [1.807, 2.05) is 26.0 Å². The topological polar surface area (TPSA) is 92.3 Å². The first kappa shape index (κ1) is 20.0. The number of rotatable bonds is 6. The van der Waals surface area contributed by atoms with Gasteiger partial charge in [0.15, 0.2) is 0 Å². The van der Waals surface area contributed by atoms with Gasteiger partial charge in [0, 0.05) is 12.1 Å². The van der Waals surface area contributed by atoms with Crippen molar-refractivity contribution in [2.24, 2.45) is 0 Å². The maximum Gasteiger partial charge on any atom is 0.293 e. The van der Waals surface area contributed by atoms with Gasteiger partial charge in [0.05, 0.1) is 5.69 Å². The van der Waals surface area contributed by atoms with Gasteiger partial charge in [-0.3, -0.25) is 14.4 Å². The second kappa shape index (κ2) is 8.07. The predicted molar refractivity (Wildman–Crippen MR) is 110 cm³/mol. The molecule has 1 heterocycles. The van der Waals surface area contributed by atoms with E-state index >= 15 is 0 Å². The molecule has 0 bridgehead atoms. The molecule has 1 aromatic heterocycles. The van der Waals surface area contributed by atoms with Crippen molar-refractivity contribution in [1.29, 1.82) is 0 Å². The lowest BCUT2D eigenvalue weighted by molar-refractivity contribution is 0.102. The summed E-state index contributed by atoms with van der Waals surface area (Å²) in [4.78, 5) is 12.2. The molecule has 0 fully saturated rings. The fourth-order valence-corrected chi connectivity index (χ4v) is 5.31. The minimum atomic E-state index is -3.89. The van der Waals surface area contributed by atoms with Crippen LogP contribution in [0.25, 0.3) is 0 Å². The summed E-state index contributed by atoms with van der Waals surface area (Å²) in [6, 6.07) is 14.2. The second-order valence-corrected chi connectivity index (χ2v) is 9.17. The third kappa shape index (κ3) is 4.05. The van der Waals surface area contributed by atoms with E-state index in [1.165, 1.54) is 4.31 Å². The number of carbonyl (C=O) groups is 1. The van der Waals surface area contributed by atoms with E-state index < -0.39 is 10.0 Å². The summed E-state index contributed by atoms with van der Waals surface area (Å²) in [6.45, 7) is 5.83. The molecular formula is C19H20N4O3S2. The van der Waals surface area contributed by atoms with Crippen molar-refractivity contribution in [3.63, 3.8) is 0 Å². The van der Waals surface area contributed by atoms with E-state index in [0.717, 1.165) is 22.5 Å². The van der Waals surface area contributed by atoms with Crippen molar-refractivity contribution < 1.29 is 13.2 Å². The number of sulfonamides is 1. The Bertz CT molecular complexity index is 1100. The van der Waals surface area contributed by atoms with Gasteiger partial charge in [0.2, 0.25) is 5.13 Å². The van der Waals surface area contributed by atoms with Gasteiger partial charge in [-0.1, -0.05) is 47.2 Å². The molecule has 0 unspecified atom stereocenters. The number of nitrogens with zero attached hydrogens (tertiary/aromatic N) is 3. The zero-order valence-corrected chi connectivity index (χ0v) is 17.3.